The Hall–Kier alpha value is -1.03. The molecule has 8 N–H and O–H groups in total. The average molecular weight is 652 g/mol. The van der Waals surface area contributed by atoms with Gasteiger partial charge in [-0.25, -0.2) is 4.99 Å². The summed E-state index contributed by atoms with van der Waals surface area (Å²) in [5.74, 6) is 0.454. The third-order valence-electron chi connectivity index (χ3n) is 2.43. The zero-order chi connectivity index (χ0) is 21.2. The number of amidine groups is 1. The second kappa shape index (κ2) is 20.7. The zero-order valence-corrected chi connectivity index (χ0v) is 21.8. The van der Waals surface area contributed by atoms with Gasteiger partial charge in [0.2, 0.25) is 0 Å². The predicted molar refractivity (Wildman–Crippen MR) is 145 cm³/mol. The first-order chi connectivity index (χ1) is 12.9. The molecule has 0 radical (unpaired) electrons. The Bertz CT molecular complexity index is 673. The van der Waals surface area contributed by atoms with E-state index in [1.807, 2.05) is 11.2 Å². The summed E-state index contributed by atoms with van der Waals surface area (Å²) in [6, 6.07) is 13.1. The molecule has 0 heterocycles. The van der Waals surface area contributed by atoms with Crippen molar-refractivity contribution in [1.82, 2.24) is 0 Å². The molecule has 0 bridgehead atoms. The highest BCUT2D eigenvalue weighted by atomic mass is 127. The smallest absolute Gasteiger partial charge is 0.168 e. The molecule has 0 amide bonds. The highest BCUT2D eigenvalue weighted by molar-refractivity contribution is 14.1. The Balaban J connectivity index is -0.000000368. The summed E-state index contributed by atoms with van der Waals surface area (Å²) >= 11 is 8.15. The second-order valence-corrected chi connectivity index (χ2v) is 5.47. The fourth-order valence-electron chi connectivity index (χ4n) is 1.39. The van der Waals surface area contributed by atoms with Crippen LogP contribution in [-0.4, -0.2) is 43.9 Å². The van der Waals surface area contributed by atoms with Gasteiger partial charge < -0.3 is 32.1 Å². The maximum Gasteiger partial charge on any atom is 0.168 e. The van der Waals surface area contributed by atoms with Crippen LogP contribution in [0, 0.1) is 0 Å². The molecular formula is C17H26I2N4O3S2. The topological polar surface area (TPSA) is 137 Å². The first-order valence-electron chi connectivity index (χ1n) is 7.26. The summed E-state index contributed by atoms with van der Waals surface area (Å²) in [7, 11) is 1.00. The van der Waals surface area contributed by atoms with Gasteiger partial charge in [-0.05, 0) is 71.9 Å². The van der Waals surface area contributed by atoms with E-state index in [2.05, 4.69) is 45.1 Å². The average Bonchev–Trinajstić information content (AvgIpc) is 2.69. The van der Waals surface area contributed by atoms with Gasteiger partial charge in [0.05, 0.1) is 5.69 Å². The third kappa shape index (κ3) is 17.1. The van der Waals surface area contributed by atoms with Crippen LogP contribution in [0.15, 0.2) is 53.5 Å². The van der Waals surface area contributed by atoms with Gasteiger partial charge in [0.1, 0.15) is 11.5 Å². The van der Waals surface area contributed by atoms with E-state index in [1.165, 1.54) is 11.8 Å². The number of nitrogens with two attached hydrogens (primary N) is 2. The van der Waals surface area contributed by atoms with Gasteiger partial charge in [0, 0.05) is 12.8 Å². The van der Waals surface area contributed by atoms with Crippen LogP contribution >= 0.6 is 70.5 Å². The molecule has 0 saturated heterocycles. The Kier molecular flexibility index (Phi) is 23.4. The van der Waals surface area contributed by atoms with Crippen molar-refractivity contribution in [3.63, 3.8) is 0 Å². The summed E-state index contributed by atoms with van der Waals surface area (Å²) in [4.78, 5) is 6.03. The van der Waals surface area contributed by atoms with E-state index in [-0.39, 0.29) is 40.6 Å². The molecule has 0 atom stereocenters. The van der Waals surface area contributed by atoms with E-state index < -0.39 is 0 Å². The van der Waals surface area contributed by atoms with Crippen LogP contribution in [0.3, 0.4) is 0 Å². The molecule has 0 spiro atoms. The van der Waals surface area contributed by atoms with Crippen molar-refractivity contribution in [2.45, 2.75) is 0 Å². The highest BCUT2D eigenvalue weighted by Crippen LogP contribution is 2.17. The molecule has 0 aliphatic rings. The molecule has 158 valence electrons. The van der Waals surface area contributed by atoms with Crippen molar-refractivity contribution in [2.75, 3.05) is 23.6 Å². The molecule has 0 saturated carbocycles. The van der Waals surface area contributed by atoms with Crippen molar-refractivity contribution >= 4 is 92.2 Å². The van der Waals surface area contributed by atoms with Crippen molar-refractivity contribution < 1.29 is 15.3 Å². The van der Waals surface area contributed by atoms with Gasteiger partial charge in [0.15, 0.2) is 10.3 Å². The maximum absolute atomic E-state index is 8.96. The summed E-state index contributed by atoms with van der Waals surface area (Å²) < 4.78 is 0. The SMILES string of the molecule is CI.CO.CSC(N)=Nc1ccc(O)cc1.I.NC(=S)Nc1ccc(O)cc1. The van der Waals surface area contributed by atoms with Gasteiger partial charge >= 0.3 is 0 Å². The van der Waals surface area contributed by atoms with Gasteiger partial charge in [-0.3, -0.25) is 0 Å². The predicted octanol–water partition coefficient (Wildman–Crippen LogP) is 4.03. The third-order valence-corrected chi connectivity index (χ3v) is 3.04. The molecule has 0 unspecified atom stereocenters. The lowest BCUT2D eigenvalue weighted by molar-refractivity contribution is 0.399. The number of nitrogens with one attached hydrogen (secondary N) is 1. The second-order valence-electron chi connectivity index (χ2n) is 4.21. The summed E-state index contributed by atoms with van der Waals surface area (Å²) in [5, 5.41) is 28.3. The molecule has 2 aromatic carbocycles. The van der Waals surface area contributed by atoms with Gasteiger partial charge in [-0.15, -0.1) is 24.0 Å². The standard InChI is InChI=1S/C8H10N2OS.C7H8N2OS.CH3I.CH4O.HI/c1-12-8(9)10-6-2-4-7(11)5-3-6;8-7(11)9-5-1-3-6(10)4-2-5;2*1-2;/h2-5,11H,1H3,(H2,9,10);1-4,10H,(H3,8,9,11);1H3;2H,1H3;1H. The largest absolute Gasteiger partial charge is 0.508 e. The fourth-order valence-corrected chi connectivity index (χ4v) is 1.70. The highest BCUT2D eigenvalue weighted by Gasteiger charge is 1.92. The number of anilines is 1. The maximum atomic E-state index is 8.96. The van der Waals surface area contributed by atoms with E-state index in [1.54, 1.807) is 48.5 Å². The van der Waals surface area contributed by atoms with Crippen LogP contribution < -0.4 is 16.8 Å². The van der Waals surface area contributed by atoms with Crippen molar-refractivity contribution in [1.29, 1.82) is 0 Å². The van der Waals surface area contributed by atoms with Crippen LogP contribution in [0.4, 0.5) is 11.4 Å². The van der Waals surface area contributed by atoms with Crippen LogP contribution in [0.25, 0.3) is 0 Å². The number of thiocarbonyl (C=S) groups is 1. The Morgan fingerprint density at radius 2 is 1.36 bits per heavy atom. The monoisotopic (exact) mass is 652 g/mol. The normalized spacial score (nSPS) is 8.96. The number of hydrogen-bond donors (Lipinski definition) is 6. The van der Waals surface area contributed by atoms with Crippen molar-refractivity contribution in [3.8, 4) is 11.5 Å². The Morgan fingerprint density at radius 3 is 1.71 bits per heavy atom. The number of phenolic OH excluding ortho intramolecular Hbond substituents is 2. The Labute approximate surface area is 206 Å². The molecule has 2 rings (SSSR count). The molecule has 28 heavy (non-hydrogen) atoms. The van der Waals surface area contributed by atoms with E-state index in [9.17, 15) is 0 Å². The lowest BCUT2D eigenvalue weighted by Crippen LogP contribution is -2.18. The minimum absolute atomic E-state index is 0. The molecule has 7 nitrogen and oxygen atoms in total. The number of aliphatic imine (C=N–C) groups is 1. The quantitative estimate of drug-likeness (QED) is 0.0716. The number of alkyl halides is 1. The molecule has 11 heteroatoms. The minimum atomic E-state index is 0. The van der Waals surface area contributed by atoms with Crippen molar-refractivity contribution in [3.05, 3.63) is 48.5 Å². The van der Waals surface area contributed by atoms with E-state index in [0.717, 1.165) is 18.5 Å². The first-order valence-corrected chi connectivity index (χ1v) is 11.0. The molecule has 0 aliphatic heterocycles. The van der Waals surface area contributed by atoms with Gasteiger partial charge in [-0.2, -0.15) is 0 Å². The molecule has 0 aliphatic carbocycles. The number of hydrogen-bond acceptors (Lipinski definition) is 6. The number of aliphatic hydroxyl groups excluding tert-OH is 1. The van der Waals surface area contributed by atoms with Crippen LogP contribution in [0.5, 0.6) is 11.5 Å². The number of aromatic hydroxyl groups is 2. The van der Waals surface area contributed by atoms with E-state index in [0.29, 0.717) is 5.17 Å². The Morgan fingerprint density at radius 1 is 0.964 bits per heavy atom. The van der Waals surface area contributed by atoms with Crippen LogP contribution in [0.2, 0.25) is 0 Å². The number of aliphatic hydroxyl groups is 1. The number of thioether (sulfide) groups is 1. The summed E-state index contributed by atoms with van der Waals surface area (Å²) in [6.45, 7) is 0. The number of nitrogens with zero attached hydrogens (tertiary/aromatic N) is 1. The van der Waals surface area contributed by atoms with Crippen LogP contribution in [-0.2, 0) is 0 Å². The fraction of sp³-hybridized carbons (Fsp3) is 0.176. The van der Waals surface area contributed by atoms with Crippen molar-refractivity contribution in [2.24, 2.45) is 16.5 Å². The summed E-state index contributed by atoms with van der Waals surface area (Å²) in [6.07, 6.45) is 1.86. The molecular weight excluding hydrogens is 626 g/mol. The number of rotatable bonds is 2. The molecule has 2 aromatic rings. The molecule has 0 fully saturated rings. The zero-order valence-electron chi connectivity index (χ0n) is 15.7. The lowest BCUT2D eigenvalue weighted by Gasteiger charge is -2.01. The van der Waals surface area contributed by atoms with E-state index in [4.69, 9.17) is 26.8 Å². The summed E-state index contributed by atoms with van der Waals surface area (Å²) in [5.41, 5.74) is 12.2. The van der Waals surface area contributed by atoms with Gasteiger partial charge in [0.25, 0.3) is 0 Å². The number of halogens is 2. The lowest BCUT2D eigenvalue weighted by atomic mass is 10.3. The van der Waals surface area contributed by atoms with Gasteiger partial charge in [-0.1, -0.05) is 34.4 Å². The number of benzene rings is 2. The first kappa shape index (κ1) is 31.7. The molecule has 0 aromatic heterocycles. The minimum Gasteiger partial charge on any atom is -0.508 e. The number of phenols is 2. The van der Waals surface area contributed by atoms with Crippen LogP contribution in [0.1, 0.15) is 0 Å². The van der Waals surface area contributed by atoms with E-state index >= 15 is 0 Å².